The summed E-state index contributed by atoms with van der Waals surface area (Å²) >= 11 is 0. The van der Waals surface area contributed by atoms with E-state index in [1.165, 1.54) is 12.0 Å². The number of fused-ring (bicyclic) bond motifs is 1. The van der Waals surface area contributed by atoms with Gasteiger partial charge in [-0.05, 0) is 55.9 Å². The van der Waals surface area contributed by atoms with Crippen LogP contribution in [-0.2, 0) is 32.3 Å². The van der Waals surface area contributed by atoms with Crippen LogP contribution in [0.3, 0.4) is 0 Å². The maximum atomic E-state index is 12.5. The molecule has 2 rings (SSSR count). The average Bonchev–Trinajstić information content (AvgIpc) is 2.53. The van der Waals surface area contributed by atoms with E-state index >= 15 is 0 Å². The summed E-state index contributed by atoms with van der Waals surface area (Å²) < 4.78 is 38.0. The number of aryl methyl sites for hydroxylation is 2. The highest BCUT2D eigenvalue weighted by Crippen LogP contribution is 2.24. The summed E-state index contributed by atoms with van der Waals surface area (Å²) in [6.07, 6.45) is 4.30. The molecule has 0 radical (unpaired) electrons. The molecule has 1 aliphatic carbocycles. The van der Waals surface area contributed by atoms with Crippen molar-refractivity contribution in [3.05, 3.63) is 29.3 Å². The molecule has 1 N–H and O–H groups in total. The van der Waals surface area contributed by atoms with Gasteiger partial charge in [0.2, 0.25) is 10.0 Å². The molecule has 0 spiro atoms. The Kier molecular flexibility index (Phi) is 5.60. The fourth-order valence-electron chi connectivity index (χ4n) is 2.70. The fraction of sp³-hybridized carbons (Fsp3) is 0.625. The van der Waals surface area contributed by atoms with Crippen LogP contribution in [0.4, 0.5) is 0 Å². The van der Waals surface area contributed by atoms with Crippen LogP contribution < -0.4 is 4.72 Å². The van der Waals surface area contributed by atoms with Gasteiger partial charge in [0.1, 0.15) is 5.60 Å². The van der Waals surface area contributed by atoms with Crippen LogP contribution in [0.1, 0.15) is 30.9 Å². The van der Waals surface area contributed by atoms with Crippen molar-refractivity contribution in [2.45, 2.75) is 43.1 Å². The molecule has 0 fully saturated rings. The molecule has 124 valence electrons. The average molecular weight is 327 g/mol. The molecule has 0 aromatic heterocycles. The highest BCUT2D eigenvalue weighted by molar-refractivity contribution is 7.89. The predicted molar refractivity (Wildman–Crippen MR) is 85.6 cm³/mol. The maximum Gasteiger partial charge on any atom is 0.240 e. The number of nitrogens with one attached hydrogen (secondary N) is 1. The molecule has 0 saturated carbocycles. The maximum absolute atomic E-state index is 12.5. The van der Waals surface area contributed by atoms with Gasteiger partial charge in [-0.15, -0.1) is 0 Å². The summed E-state index contributed by atoms with van der Waals surface area (Å²) in [4.78, 5) is 0.323. The molecule has 1 aliphatic rings. The molecule has 1 atom stereocenters. The first-order valence-corrected chi connectivity index (χ1v) is 9.04. The minimum Gasteiger partial charge on any atom is -0.382 e. The van der Waals surface area contributed by atoms with Crippen molar-refractivity contribution < 1.29 is 17.9 Å². The van der Waals surface area contributed by atoms with Crippen molar-refractivity contribution in [3.63, 3.8) is 0 Å². The van der Waals surface area contributed by atoms with Gasteiger partial charge in [0.05, 0.1) is 11.5 Å². The molecule has 0 bridgehead atoms. The van der Waals surface area contributed by atoms with Gasteiger partial charge in [0.25, 0.3) is 0 Å². The Morgan fingerprint density at radius 3 is 2.50 bits per heavy atom. The number of hydrogen-bond donors (Lipinski definition) is 1. The Bertz CT molecular complexity index is 615. The van der Waals surface area contributed by atoms with Crippen molar-refractivity contribution in [1.82, 2.24) is 4.72 Å². The van der Waals surface area contributed by atoms with Crippen LogP contribution in [0.25, 0.3) is 0 Å². The summed E-state index contributed by atoms with van der Waals surface area (Å²) in [6.45, 7) is 2.29. The fourth-order valence-corrected chi connectivity index (χ4v) is 3.90. The number of benzene rings is 1. The Hall–Kier alpha value is -0.950. The molecule has 0 saturated heterocycles. The first-order chi connectivity index (χ1) is 10.4. The third-order valence-electron chi connectivity index (χ3n) is 4.21. The van der Waals surface area contributed by atoms with Crippen LogP contribution in [0.5, 0.6) is 0 Å². The lowest BCUT2D eigenvalue weighted by atomic mass is 9.92. The van der Waals surface area contributed by atoms with Crippen LogP contribution in [0.2, 0.25) is 0 Å². The number of sulfonamides is 1. The van der Waals surface area contributed by atoms with Crippen molar-refractivity contribution in [2.75, 3.05) is 27.4 Å². The van der Waals surface area contributed by atoms with Gasteiger partial charge in [-0.25, -0.2) is 13.1 Å². The standard InChI is InChI=1S/C16H25NO4S/c1-16(21-3,12-20-2)11-17-22(18,19)15-9-8-13-6-4-5-7-14(13)10-15/h8-10,17H,4-7,11-12H2,1-3H3/t16-/m0/s1. The third kappa shape index (κ3) is 4.07. The number of methoxy groups -OCH3 is 2. The molecule has 22 heavy (non-hydrogen) atoms. The lowest BCUT2D eigenvalue weighted by Crippen LogP contribution is -2.45. The lowest BCUT2D eigenvalue weighted by Gasteiger charge is -2.27. The van der Waals surface area contributed by atoms with E-state index in [-0.39, 0.29) is 6.54 Å². The Labute approximate surface area is 133 Å². The number of ether oxygens (including phenoxy) is 2. The minimum atomic E-state index is -3.54. The molecule has 5 nitrogen and oxygen atoms in total. The van der Waals surface area contributed by atoms with Crippen LogP contribution in [-0.4, -0.2) is 41.4 Å². The Morgan fingerprint density at radius 1 is 1.18 bits per heavy atom. The zero-order chi connectivity index (χ0) is 16.2. The normalized spacial score (nSPS) is 17.8. The first kappa shape index (κ1) is 17.4. The monoisotopic (exact) mass is 327 g/mol. The van der Waals surface area contributed by atoms with Gasteiger partial charge in [-0.2, -0.15) is 0 Å². The zero-order valence-electron chi connectivity index (χ0n) is 13.5. The minimum absolute atomic E-state index is 0.163. The van der Waals surface area contributed by atoms with Gasteiger partial charge in [0, 0.05) is 20.8 Å². The SMILES string of the molecule is COC[C@](C)(CNS(=O)(=O)c1ccc2c(c1)CCCC2)OC. The quantitative estimate of drug-likeness (QED) is 0.831. The largest absolute Gasteiger partial charge is 0.382 e. The van der Waals surface area contributed by atoms with E-state index in [0.29, 0.717) is 11.5 Å². The van der Waals surface area contributed by atoms with E-state index in [1.807, 2.05) is 13.0 Å². The van der Waals surface area contributed by atoms with E-state index in [1.54, 1.807) is 26.4 Å². The molecular formula is C16H25NO4S. The molecule has 0 heterocycles. The molecule has 0 aliphatic heterocycles. The van der Waals surface area contributed by atoms with E-state index in [0.717, 1.165) is 24.8 Å². The van der Waals surface area contributed by atoms with Gasteiger partial charge >= 0.3 is 0 Å². The Balaban J connectivity index is 2.13. The van der Waals surface area contributed by atoms with E-state index in [2.05, 4.69) is 4.72 Å². The predicted octanol–water partition coefficient (Wildman–Crippen LogP) is 1.90. The van der Waals surface area contributed by atoms with Crippen molar-refractivity contribution in [3.8, 4) is 0 Å². The van der Waals surface area contributed by atoms with Crippen LogP contribution >= 0.6 is 0 Å². The summed E-state index contributed by atoms with van der Waals surface area (Å²) in [5.74, 6) is 0. The highest BCUT2D eigenvalue weighted by Gasteiger charge is 2.27. The van der Waals surface area contributed by atoms with E-state index < -0.39 is 15.6 Å². The van der Waals surface area contributed by atoms with Gasteiger partial charge in [0.15, 0.2) is 0 Å². The van der Waals surface area contributed by atoms with Crippen LogP contribution in [0, 0.1) is 0 Å². The van der Waals surface area contributed by atoms with Crippen molar-refractivity contribution in [2.24, 2.45) is 0 Å². The highest BCUT2D eigenvalue weighted by atomic mass is 32.2. The zero-order valence-corrected chi connectivity index (χ0v) is 14.3. The van der Waals surface area contributed by atoms with Gasteiger partial charge in [-0.1, -0.05) is 6.07 Å². The molecular weight excluding hydrogens is 302 g/mol. The molecule has 0 unspecified atom stereocenters. The lowest BCUT2D eigenvalue weighted by molar-refractivity contribution is -0.0460. The molecule has 1 aromatic rings. The van der Waals surface area contributed by atoms with Gasteiger partial charge < -0.3 is 9.47 Å². The summed E-state index contributed by atoms with van der Waals surface area (Å²) in [7, 11) is -0.428. The van der Waals surface area contributed by atoms with Crippen LogP contribution in [0.15, 0.2) is 23.1 Å². The second-order valence-corrected chi connectivity index (χ2v) is 7.82. The number of rotatable bonds is 7. The number of hydrogen-bond acceptors (Lipinski definition) is 4. The second kappa shape index (κ2) is 7.08. The van der Waals surface area contributed by atoms with Crippen molar-refractivity contribution in [1.29, 1.82) is 0 Å². The summed E-state index contributed by atoms with van der Waals surface area (Å²) in [6, 6.07) is 5.43. The molecule has 1 aromatic carbocycles. The molecule has 6 heteroatoms. The van der Waals surface area contributed by atoms with Crippen molar-refractivity contribution >= 4 is 10.0 Å². The first-order valence-electron chi connectivity index (χ1n) is 7.56. The van der Waals surface area contributed by atoms with E-state index in [4.69, 9.17) is 9.47 Å². The molecule has 0 amide bonds. The third-order valence-corrected chi connectivity index (χ3v) is 5.61. The van der Waals surface area contributed by atoms with E-state index in [9.17, 15) is 8.42 Å². The summed E-state index contributed by atoms with van der Waals surface area (Å²) in [5.41, 5.74) is 1.74. The smallest absolute Gasteiger partial charge is 0.240 e. The topological polar surface area (TPSA) is 64.6 Å². The second-order valence-electron chi connectivity index (χ2n) is 6.05. The Morgan fingerprint density at radius 2 is 1.86 bits per heavy atom. The van der Waals surface area contributed by atoms with Gasteiger partial charge in [-0.3, -0.25) is 0 Å². The summed E-state index contributed by atoms with van der Waals surface area (Å²) in [5, 5.41) is 0.